The SMILES string of the molecule is Cc1cc2nonc2cc1Nc1ncc2c(n1)n(-c1cnn(CC(F)F)c1)c(=O)n2C. The number of anilines is 2. The van der Waals surface area contributed by atoms with E-state index in [1.165, 1.54) is 27.7 Å². The van der Waals surface area contributed by atoms with Crippen molar-refractivity contribution in [3.8, 4) is 5.69 Å². The number of halogens is 2. The van der Waals surface area contributed by atoms with Crippen LogP contribution in [0.25, 0.3) is 27.9 Å². The van der Waals surface area contributed by atoms with Crippen molar-refractivity contribution in [2.75, 3.05) is 5.32 Å². The molecule has 5 aromatic rings. The zero-order valence-corrected chi connectivity index (χ0v) is 16.3. The van der Waals surface area contributed by atoms with E-state index in [0.717, 1.165) is 10.2 Å². The number of fused-ring (bicyclic) bond motifs is 2. The average molecular weight is 427 g/mol. The van der Waals surface area contributed by atoms with Gasteiger partial charge in [0.05, 0.1) is 18.1 Å². The van der Waals surface area contributed by atoms with E-state index in [-0.39, 0.29) is 5.95 Å². The monoisotopic (exact) mass is 427 g/mol. The summed E-state index contributed by atoms with van der Waals surface area (Å²) in [6.45, 7) is 1.31. The number of alkyl halides is 2. The largest absolute Gasteiger partial charge is 0.334 e. The van der Waals surface area contributed by atoms with Crippen LogP contribution in [0, 0.1) is 6.92 Å². The Hall–Kier alpha value is -4.16. The normalized spacial score (nSPS) is 11.8. The summed E-state index contributed by atoms with van der Waals surface area (Å²) in [5, 5.41) is 14.6. The molecular weight excluding hydrogens is 412 g/mol. The molecule has 0 amide bonds. The van der Waals surface area contributed by atoms with Crippen LogP contribution in [0.15, 0.2) is 40.1 Å². The summed E-state index contributed by atoms with van der Waals surface area (Å²) in [5.74, 6) is 0.241. The van der Waals surface area contributed by atoms with Gasteiger partial charge in [0.1, 0.15) is 23.1 Å². The van der Waals surface area contributed by atoms with Crippen LogP contribution in [0.1, 0.15) is 5.56 Å². The van der Waals surface area contributed by atoms with E-state index >= 15 is 0 Å². The van der Waals surface area contributed by atoms with E-state index in [1.807, 2.05) is 13.0 Å². The molecule has 11 nitrogen and oxygen atoms in total. The summed E-state index contributed by atoms with van der Waals surface area (Å²) in [6.07, 6.45) is 1.67. The van der Waals surface area contributed by atoms with Gasteiger partial charge in [-0.15, -0.1) is 0 Å². The maximum absolute atomic E-state index is 12.8. The van der Waals surface area contributed by atoms with Crippen molar-refractivity contribution in [1.82, 2.24) is 39.2 Å². The van der Waals surface area contributed by atoms with E-state index in [2.05, 4.69) is 30.7 Å². The first-order valence-corrected chi connectivity index (χ1v) is 9.16. The Morgan fingerprint density at radius 2 is 1.97 bits per heavy atom. The van der Waals surface area contributed by atoms with Crippen LogP contribution in [-0.2, 0) is 13.6 Å². The maximum Gasteiger partial charge on any atom is 0.334 e. The molecule has 0 aliphatic carbocycles. The molecule has 1 N–H and O–H groups in total. The van der Waals surface area contributed by atoms with Crippen LogP contribution in [0.5, 0.6) is 0 Å². The lowest BCUT2D eigenvalue weighted by molar-refractivity contribution is 0.122. The fourth-order valence-corrected chi connectivity index (χ4v) is 3.30. The molecule has 0 spiro atoms. The van der Waals surface area contributed by atoms with Crippen molar-refractivity contribution in [2.45, 2.75) is 19.9 Å². The first kappa shape index (κ1) is 18.8. The Bertz CT molecular complexity index is 1480. The second-order valence-electron chi connectivity index (χ2n) is 6.94. The molecule has 0 unspecified atom stereocenters. The van der Waals surface area contributed by atoms with E-state index < -0.39 is 18.7 Å². The Labute approximate surface area is 171 Å². The van der Waals surface area contributed by atoms with Gasteiger partial charge in [-0.2, -0.15) is 10.1 Å². The Morgan fingerprint density at radius 1 is 1.19 bits per heavy atom. The molecule has 0 saturated heterocycles. The first-order chi connectivity index (χ1) is 14.9. The molecule has 0 aliphatic rings. The second kappa shape index (κ2) is 6.97. The molecule has 5 rings (SSSR count). The molecular formula is C18H15F2N9O2. The van der Waals surface area contributed by atoms with Crippen molar-refractivity contribution in [3.63, 3.8) is 0 Å². The van der Waals surface area contributed by atoms with E-state index in [1.54, 1.807) is 13.1 Å². The van der Waals surface area contributed by atoms with Crippen LogP contribution >= 0.6 is 0 Å². The number of rotatable bonds is 5. The lowest BCUT2D eigenvalue weighted by Gasteiger charge is -2.08. The van der Waals surface area contributed by atoms with Crippen molar-refractivity contribution in [1.29, 1.82) is 0 Å². The van der Waals surface area contributed by atoms with Gasteiger partial charge in [-0.05, 0) is 34.9 Å². The predicted octanol–water partition coefficient (Wildman–Crippen LogP) is 2.17. The number of imidazole rings is 1. The van der Waals surface area contributed by atoms with Crippen molar-refractivity contribution < 1.29 is 13.4 Å². The average Bonchev–Trinajstić information content (AvgIpc) is 3.41. The van der Waals surface area contributed by atoms with Crippen LogP contribution in [0.4, 0.5) is 20.4 Å². The van der Waals surface area contributed by atoms with Crippen LogP contribution in [-0.4, -0.2) is 45.6 Å². The van der Waals surface area contributed by atoms with Gasteiger partial charge in [0.25, 0.3) is 6.43 Å². The molecule has 1 aromatic carbocycles. The Balaban J connectivity index is 1.58. The van der Waals surface area contributed by atoms with E-state index in [4.69, 9.17) is 4.63 Å². The third kappa shape index (κ3) is 3.19. The predicted molar refractivity (Wildman–Crippen MR) is 106 cm³/mol. The highest BCUT2D eigenvalue weighted by atomic mass is 19.3. The number of aromatic nitrogens is 8. The van der Waals surface area contributed by atoms with Gasteiger partial charge in [0, 0.05) is 18.9 Å². The smallest absolute Gasteiger partial charge is 0.324 e. The molecule has 0 saturated carbocycles. The van der Waals surface area contributed by atoms with E-state index in [0.29, 0.717) is 33.6 Å². The zero-order valence-electron chi connectivity index (χ0n) is 16.3. The fourth-order valence-electron chi connectivity index (χ4n) is 3.30. The van der Waals surface area contributed by atoms with Gasteiger partial charge < -0.3 is 5.32 Å². The number of aryl methyl sites for hydroxylation is 2. The highest BCUT2D eigenvalue weighted by Gasteiger charge is 2.18. The fraction of sp³-hybridized carbons (Fsp3) is 0.222. The summed E-state index contributed by atoms with van der Waals surface area (Å²) in [5.41, 5.74) is 3.46. The van der Waals surface area contributed by atoms with Gasteiger partial charge in [0.15, 0.2) is 5.65 Å². The van der Waals surface area contributed by atoms with Gasteiger partial charge in [-0.3, -0.25) is 9.25 Å². The molecule has 4 heterocycles. The number of hydrogen-bond acceptors (Lipinski definition) is 8. The molecule has 31 heavy (non-hydrogen) atoms. The summed E-state index contributed by atoms with van der Waals surface area (Å²) in [6, 6.07) is 3.56. The standard InChI is InChI=1S/C18H15F2N9O2/c1-9-3-12-13(26-31-25-12)4-11(9)23-17-21-6-14-16(24-17)29(18(30)27(14)2)10-5-22-28(7-10)8-15(19)20/h3-7,15H,8H2,1-2H3,(H,21,23,24). The van der Waals surface area contributed by atoms with Gasteiger partial charge in [0.2, 0.25) is 5.95 Å². The second-order valence-corrected chi connectivity index (χ2v) is 6.94. The number of hydrogen-bond donors (Lipinski definition) is 1. The lowest BCUT2D eigenvalue weighted by atomic mass is 10.2. The Morgan fingerprint density at radius 3 is 2.74 bits per heavy atom. The third-order valence-corrected chi connectivity index (χ3v) is 4.85. The molecule has 0 fully saturated rings. The third-order valence-electron chi connectivity index (χ3n) is 4.85. The minimum absolute atomic E-state index is 0.241. The lowest BCUT2D eigenvalue weighted by Crippen LogP contribution is -2.20. The van der Waals surface area contributed by atoms with Gasteiger partial charge >= 0.3 is 5.69 Å². The first-order valence-electron chi connectivity index (χ1n) is 9.16. The number of nitrogens with one attached hydrogen (secondary N) is 1. The van der Waals surface area contributed by atoms with Crippen molar-refractivity contribution in [3.05, 3.63) is 46.8 Å². The van der Waals surface area contributed by atoms with Crippen LogP contribution in [0.2, 0.25) is 0 Å². The molecule has 158 valence electrons. The van der Waals surface area contributed by atoms with Crippen molar-refractivity contribution >= 4 is 33.8 Å². The number of benzene rings is 1. The minimum atomic E-state index is -2.56. The van der Waals surface area contributed by atoms with Crippen LogP contribution < -0.4 is 11.0 Å². The molecule has 13 heteroatoms. The molecule has 0 bridgehead atoms. The molecule has 4 aromatic heterocycles. The number of nitrogens with zero attached hydrogens (tertiary/aromatic N) is 8. The maximum atomic E-state index is 12.8. The highest BCUT2D eigenvalue weighted by Crippen LogP contribution is 2.24. The highest BCUT2D eigenvalue weighted by molar-refractivity contribution is 5.81. The Kier molecular flexibility index (Phi) is 4.23. The summed E-state index contributed by atoms with van der Waals surface area (Å²) >= 11 is 0. The van der Waals surface area contributed by atoms with E-state index in [9.17, 15) is 13.6 Å². The topological polar surface area (TPSA) is 121 Å². The summed E-state index contributed by atoms with van der Waals surface area (Å²) < 4.78 is 33.8. The molecule has 0 aliphatic heterocycles. The van der Waals surface area contributed by atoms with Crippen molar-refractivity contribution in [2.24, 2.45) is 7.05 Å². The zero-order chi connectivity index (χ0) is 21.7. The quantitative estimate of drug-likeness (QED) is 0.453. The summed E-state index contributed by atoms with van der Waals surface area (Å²) in [4.78, 5) is 21.6. The molecule has 0 radical (unpaired) electrons. The van der Waals surface area contributed by atoms with Gasteiger partial charge in [-0.1, -0.05) is 0 Å². The van der Waals surface area contributed by atoms with Gasteiger partial charge in [-0.25, -0.2) is 27.8 Å². The summed E-state index contributed by atoms with van der Waals surface area (Å²) in [7, 11) is 1.58. The minimum Gasteiger partial charge on any atom is -0.324 e. The van der Waals surface area contributed by atoms with Crippen LogP contribution in [0.3, 0.4) is 0 Å². The molecule has 0 atom stereocenters.